The van der Waals surface area contributed by atoms with Gasteiger partial charge in [-0.25, -0.2) is 0 Å². The Hall–Kier alpha value is -0.620. The van der Waals surface area contributed by atoms with Crippen molar-refractivity contribution in [1.29, 1.82) is 0 Å². The molecule has 100 valence electrons. The predicted octanol–water partition coefficient (Wildman–Crippen LogP) is 2.33. The number of methoxy groups -OCH3 is 1. The van der Waals surface area contributed by atoms with Crippen molar-refractivity contribution in [2.45, 2.75) is 25.1 Å². The summed E-state index contributed by atoms with van der Waals surface area (Å²) >= 11 is 3.60. The van der Waals surface area contributed by atoms with Crippen LogP contribution >= 0.6 is 23.5 Å². The van der Waals surface area contributed by atoms with E-state index in [1.165, 1.54) is 0 Å². The van der Waals surface area contributed by atoms with Gasteiger partial charge < -0.3 is 4.74 Å². The SMILES string of the molecule is CCCn1ncc(OC)c1C(=O)C1CSCCS1. The molecule has 1 aliphatic rings. The van der Waals surface area contributed by atoms with E-state index in [1.54, 1.807) is 29.8 Å². The van der Waals surface area contributed by atoms with E-state index in [-0.39, 0.29) is 11.0 Å². The van der Waals surface area contributed by atoms with E-state index in [1.807, 2.05) is 11.8 Å². The van der Waals surface area contributed by atoms with Gasteiger partial charge in [-0.2, -0.15) is 16.9 Å². The molecule has 0 aliphatic carbocycles. The molecule has 1 unspecified atom stereocenters. The maximum atomic E-state index is 12.6. The summed E-state index contributed by atoms with van der Waals surface area (Å²) in [6.45, 7) is 2.84. The van der Waals surface area contributed by atoms with Gasteiger partial charge >= 0.3 is 0 Å². The lowest BCUT2D eigenvalue weighted by atomic mass is 10.2. The zero-order valence-corrected chi connectivity index (χ0v) is 12.4. The fraction of sp³-hybridized carbons (Fsp3) is 0.667. The minimum Gasteiger partial charge on any atom is -0.493 e. The third kappa shape index (κ3) is 2.85. The van der Waals surface area contributed by atoms with Crippen LogP contribution in [0.4, 0.5) is 0 Å². The summed E-state index contributed by atoms with van der Waals surface area (Å²) < 4.78 is 7.04. The number of rotatable bonds is 5. The average molecular weight is 286 g/mol. The van der Waals surface area contributed by atoms with Gasteiger partial charge in [-0.3, -0.25) is 9.48 Å². The first-order chi connectivity index (χ1) is 8.77. The summed E-state index contributed by atoms with van der Waals surface area (Å²) in [5.41, 5.74) is 0.638. The molecule has 6 heteroatoms. The molecule has 1 aromatic heterocycles. The topological polar surface area (TPSA) is 44.1 Å². The van der Waals surface area contributed by atoms with Crippen molar-refractivity contribution < 1.29 is 9.53 Å². The zero-order valence-electron chi connectivity index (χ0n) is 10.7. The lowest BCUT2D eigenvalue weighted by molar-refractivity contribution is 0.0981. The third-order valence-corrected chi connectivity index (χ3v) is 5.56. The van der Waals surface area contributed by atoms with Gasteiger partial charge in [-0.15, -0.1) is 11.8 Å². The summed E-state index contributed by atoms with van der Waals surface area (Å²) in [5.74, 6) is 3.84. The molecule has 1 fully saturated rings. The van der Waals surface area contributed by atoms with E-state index in [0.717, 1.165) is 30.2 Å². The van der Waals surface area contributed by atoms with Crippen molar-refractivity contribution in [3.8, 4) is 5.75 Å². The number of ether oxygens (including phenoxy) is 1. The van der Waals surface area contributed by atoms with Gasteiger partial charge in [0.1, 0.15) is 5.69 Å². The van der Waals surface area contributed by atoms with Crippen LogP contribution in [0, 0.1) is 0 Å². The highest BCUT2D eigenvalue weighted by Crippen LogP contribution is 2.29. The number of carbonyl (C=O) groups excluding carboxylic acids is 1. The zero-order chi connectivity index (χ0) is 13.0. The number of aryl methyl sites for hydroxylation is 1. The van der Waals surface area contributed by atoms with E-state index in [4.69, 9.17) is 4.74 Å². The number of nitrogens with zero attached hydrogens (tertiary/aromatic N) is 2. The molecular formula is C12H18N2O2S2. The van der Waals surface area contributed by atoms with Gasteiger partial charge in [0.25, 0.3) is 0 Å². The maximum Gasteiger partial charge on any atom is 0.198 e. The molecule has 0 aromatic carbocycles. The third-order valence-electron chi connectivity index (χ3n) is 2.80. The Morgan fingerprint density at radius 3 is 3.06 bits per heavy atom. The van der Waals surface area contributed by atoms with Crippen molar-refractivity contribution in [2.75, 3.05) is 24.4 Å². The fourth-order valence-electron chi connectivity index (χ4n) is 1.94. The Labute approximate surface area is 116 Å². The number of carbonyl (C=O) groups is 1. The summed E-state index contributed by atoms with van der Waals surface area (Å²) in [6.07, 6.45) is 2.60. The molecule has 2 rings (SSSR count). The first-order valence-electron chi connectivity index (χ1n) is 6.11. The van der Waals surface area contributed by atoms with Crippen molar-refractivity contribution in [3.63, 3.8) is 0 Å². The fourth-order valence-corrected chi connectivity index (χ4v) is 4.55. The smallest absolute Gasteiger partial charge is 0.198 e. The van der Waals surface area contributed by atoms with Gasteiger partial charge in [-0.05, 0) is 6.42 Å². The average Bonchev–Trinajstić information content (AvgIpc) is 2.82. The standard InChI is InChI=1S/C12H18N2O2S2/c1-3-4-14-11(9(16-2)7-13-14)12(15)10-8-17-5-6-18-10/h7,10H,3-6,8H2,1-2H3. The quantitative estimate of drug-likeness (QED) is 0.777. The molecule has 1 atom stereocenters. The highest BCUT2D eigenvalue weighted by atomic mass is 32.2. The molecule has 0 saturated carbocycles. The van der Waals surface area contributed by atoms with Crippen molar-refractivity contribution in [3.05, 3.63) is 11.9 Å². The Kier molecular flexibility index (Phi) is 5.00. The Balaban J connectivity index is 2.23. The number of Topliss-reactive ketones (excluding diaryl/α,β-unsaturated/α-hetero) is 1. The Morgan fingerprint density at radius 2 is 2.44 bits per heavy atom. The van der Waals surface area contributed by atoms with Gasteiger partial charge in [0.05, 0.1) is 18.6 Å². The van der Waals surface area contributed by atoms with Gasteiger partial charge in [0.15, 0.2) is 11.5 Å². The van der Waals surface area contributed by atoms with Crippen LogP contribution in [0.3, 0.4) is 0 Å². The van der Waals surface area contributed by atoms with Crippen LogP contribution < -0.4 is 4.74 Å². The number of thioether (sulfide) groups is 2. The largest absolute Gasteiger partial charge is 0.493 e. The highest BCUT2D eigenvalue weighted by Gasteiger charge is 2.29. The normalized spacial score (nSPS) is 19.8. The molecule has 1 aromatic rings. The van der Waals surface area contributed by atoms with Gasteiger partial charge in [0, 0.05) is 23.8 Å². The molecule has 0 spiro atoms. The van der Waals surface area contributed by atoms with Crippen LogP contribution in [-0.2, 0) is 6.54 Å². The lowest BCUT2D eigenvalue weighted by Crippen LogP contribution is -2.27. The number of hydrogen-bond acceptors (Lipinski definition) is 5. The monoisotopic (exact) mass is 286 g/mol. The molecule has 0 bridgehead atoms. The molecular weight excluding hydrogens is 268 g/mol. The van der Waals surface area contributed by atoms with Gasteiger partial charge in [0.2, 0.25) is 0 Å². The second-order valence-electron chi connectivity index (χ2n) is 4.08. The predicted molar refractivity (Wildman–Crippen MR) is 77.0 cm³/mol. The summed E-state index contributed by atoms with van der Waals surface area (Å²) in [4.78, 5) is 12.6. The van der Waals surface area contributed by atoms with E-state index in [0.29, 0.717) is 11.4 Å². The Morgan fingerprint density at radius 1 is 1.61 bits per heavy atom. The molecule has 2 heterocycles. The van der Waals surface area contributed by atoms with Crippen molar-refractivity contribution in [2.24, 2.45) is 0 Å². The van der Waals surface area contributed by atoms with E-state index in [2.05, 4.69) is 12.0 Å². The highest BCUT2D eigenvalue weighted by molar-refractivity contribution is 8.07. The van der Waals surface area contributed by atoms with Crippen molar-refractivity contribution >= 4 is 29.3 Å². The molecule has 0 amide bonds. The minimum absolute atomic E-state index is 0.0463. The molecule has 0 radical (unpaired) electrons. The van der Waals surface area contributed by atoms with Gasteiger partial charge in [-0.1, -0.05) is 6.92 Å². The van der Waals surface area contributed by atoms with Crippen LogP contribution in [0.15, 0.2) is 6.20 Å². The molecule has 18 heavy (non-hydrogen) atoms. The first-order valence-corrected chi connectivity index (χ1v) is 8.31. The van der Waals surface area contributed by atoms with Crippen molar-refractivity contribution in [1.82, 2.24) is 9.78 Å². The minimum atomic E-state index is 0.0463. The lowest BCUT2D eigenvalue weighted by Gasteiger charge is -2.20. The van der Waals surface area contributed by atoms with Crippen LogP contribution in [0.2, 0.25) is 0 Å². The number of hydrogen-bond donors (Lipinski definition) is 0. The summed E-state index contributed by atoms with van der Waals surface area (Å²) in [5, 5.41) is 4.29. The van der Waals surface area contributed by atoms with E-state index in [9.17, 15) is 4.79 Å². The van der Waals surface area contributed by atoms with E-state index >= 15 is 0 Å². The maximum absolute atomic E-state index is 12.6. The second kappa shape index (κ2) is 6.52. The van der Waals surface area contributed by atoms with Crippen LogP contribution in [0.1, 0.15) is 23.8 Å². The summed E-state index contributed by atoms with van der Waals surface area (Å²) in [6, 6.07) is 0. The number of aromatic nitrogens is 2. The summed E-state index contributed by atoms with van der Waals surface area (Å²) in [7, 11) is 1.59. The number of ketones is 1. The van der Waals surface area contributed by atoms with E-state index < -0.39 is 0 Å². The van der Waals surface area contributed by atoms with Crippen LogP contribution in [0.25, 0.3) is 0 Å². The second-order valence-corrected chi connectivity index (χ2v) is 6.54. The van der Waals surface area contributed by atoms with Crippen LogP contribution in [0.5, 0.6) is 5.75 Å². The first kappa shape index (κ1) is 13.8. The molecule has 0 N–H and O–H groups in total. The molecule has 1 saturated heterocycles. The van der Waals surface area contributed by atoms with Crippen LogP contribution in [-0.4, -0.2) is 45.2 Å². The molecule has 1 aliphatic heterocycles. The molecule has 4 nitrogen and oxygen atoms in total. The Bertz CT molecular complexity index is 414.